The molecule has 0 atom stereocenters. The first-order chi connectivity index (χ1) is 8.77. The zero-order chi connectivity index (χ0) is 12.5. The molecular weight excluding hydrogens is 228 g/mol. The molecule has 0 aliphatic carbocycles. The summed E-state index contributed by atoms with van der Waals surface area (Å²) in [5, 5.41) is 13.9. The van der Waals surface area contributed by atoms with Gasteiger partial charge in [-0.15, -0.1) is 0 Å². The monoisotopic (exact) mass is 240 g/mol. The number of H-pyrrole nitrogens is 2. The Balaban J connectivity index is 2.22. The van der Waals surface area contributed by atoms with Crippen molar-refractivity contribution in [1.82, 2.24) is 25.4 Å². The molecule has 0 amide bonds. The number of nitrogen functional groups attached to an aromatic ring is 1. The first-order valence-electron chi connectivity index (χ1n) is 5.53. The maximum atomic E-state index is 5.92. The van der Waals surface area contributed by atoms with Crippen LogP contribution < -0.4 is 5.73 Å². The normalized spacial score (nSPS) is 10.7. The summed E-state index contributed by atoms with van der Waals surface area (Å²) in [6.45, 7) is 1.95. The van der Waals surface area contributed by atoms with Gasteiger partial charge in [-0.3, -0.25) is 15.2 Å². The van der Waals surface area contributed by atoms with Gasteiger partial charge in [0.05, 0.1) is 23.1 Å². The lowest BCUT2D eigenvalue weighted by atomic mass is 10.1. The Labute approximate surface area is 103 Å². The number of aryl methyl sites for hydroxylation is 1. The molecule has 0 bridgehead atoms. The topological polar surface area (TPSA) is 96.3 Å². The summed E-state index contributed by atoms with van der Waals surface area (Å²) >= 11 is 0. The van der Waals surface area contributed by atoms with Crippen LogP contribution in [-0.2, 0) is 0 Å². The van der Waals surface area contributed by atoms with Crippen molar-refractivity contribution in [3.63, 3.8) is 0 Å². The predicted molar refractivity (Wildman–Crippen MR) is 68.5 cm³/mol. The molecule has 6 nitrogen and oxygen atoms in total. The van der Waals surface area contributed by atoms with Gasteiger partial charge in [0.1, 0.15) is 0 Å². The minimum Gasteiger partial charge on any atom is -0.382 e. The maximum absolute atomic E-state index is 5.92. The molecule has 6 heteroatoms. The largest absolute Gasteiger partial charge is 0.382 e. The molecule has 0 aliphatic heterocycles. The highest BCUT2D eigenvalue weighted by atomic mass is 15.2. The molecule has 18 heavy (non-hydrogen) atoms. The number of hydrogen-bond acceptors (Lipinski definition) is 4. The Morgan fingerprint density at radius 2 is 2.11 bits per heavy atom. The van der Waals surface area contributed by atoms with E-state index in [4.69, 9.17) is 5.73 Å². The molecule has 0 saturated carbocycles. The molecule has 0 radical (unpaired) electrons. The molecule has 0 saturated heterocycles. The van der Waals surface area contributed by atoms with Crippen molar-refractivity contribution in [2.75, 3.05) is 5.73 Å². The number of nitrogens with two attached hydrogens (primary N) is 1. The molecule has 3 aromatic rings. The SMILES string of the molecule is Cc1[nH]ncc1-c1[nH]nc(N)c1-c1ccccn1. The molecule has 0 aromatic carbocycles. The summed E-state index contributed by atoms with van der Waals surface area (Å²) < 4.78 is 0. The van der Waals surface area contributed by atoms with E-state index in [-0.39, 0.29) is 0 Å². The Kier molecular flexibility index (Phi) is 2.33. The molecule has 0 fully saturated rings. The van der Waals surface area contributed by atoms with Gasteiger partial charge >= 0.3 is 0 Å². The molecule has 0 spiro atoms. The number of rotatable bonds is 2. The summed E-state index contributed by atoms with van der Waals surface area (Å²) in [5.74, 6) is 0.435. The van der Waals surface area contributed by atoms with Crippen molar-refractivity contribution in [1.29, 1.82) is 0 Å². The van der Waals surface area contributed by atoms with Gasteiger partial charge in [0.2, 0.25) is 0 Å². The fourth-order valence-electron chi connectivity index (χ4n) is 1.92. The van der Waals surface area contributed by atoms with Crippen molar-refractivity contribution in [2.45, 2.75) is 6.92 Å². The van der Waals surface area contributed by atoms with Crippen LogP contribution in [0.15, 0.2) is 30.6 Å². The average Bonchev–Trinajstić information content (AvgIpc) is 2.96. The molecular formula is C12H12N6. The predicted octanol–water partition coefficient (Wildman–Crippen LogP) is 1.75. The lowest BCUT2D eigenvalue weighted by Crippen LogP contribution is -1.90. The van der Waals surface area contributed by atoms with Crippen LogP contribution in [0.2, 0.25) is 0 Å². The Bertz CT molecular complexity index is 667. The lowest BCUT2D eigenvalue weighted by molar-refractivity contribution is 1.05. The highest BCUT2D eigenvalue weighted by Crippen LogP contribution is 2.33. The van der Waals surface area contributed by atoms with E-state index < -0.39 is 0 Å². The fourth-order valence-corrected chi connectivity index (χ4v) is 1.92. The summed E-state index contributed by atoms with van der Waals surface area (Å²) in [6.07, 6.45) is 3.47. The number of anilines is 1. The molecule has 4 N–H and O–H groups in total. The van der Waals surface area contributed by atoms with Gasteiger partial charge in [-0.25, -0.2) is 0 Å². The standard InChI is InChI=1S/C12H12N6/c1-7-8(6-15-16-7)11-10(12(13)18-17-11)9-4-2-3-5-14-9/h2-6H,1H3,(H,15,16)(H3,13,17,18). The van der Waals surface area contributed by atoms with Crippen LogP contribution >= 0.6 is 0 Å². The van der Waals surface area contributed by atoms with E-state index in [1.165, 1.54) is 0 Å². The number of nitrogens with one attached hydrogen (secondary N) is 2. The second-order valence-corrected chi connectivity index (χ2v) is 3.98. The van der Waals surface area contributed by atoms with Gasteiger partial charge in [-0.1, -0.05) is 6.07 Å². The Morgan fingerprint density at radius 1 is 1.22 bits per heavy atom. The van der Waals surface area contributed by atoms with Crippen LogP contribution in [0, 0.1) is 6.92 Å². The Hall–Kier alpha value is -2.63. The van der Waals surface area contributed by atoms with E-state index in [1.807, 2.05) is 25.1 Å². The van der Waals surface area contributed by atoms with Crippen LogP contribution in [-0.4, -0.2) is 25.4 Å². The first kappa shape index (κ1) is 10.5. The van der Waals surface area contributed by atoms with Crippen LogP contribution in [0.25, 0.3) is 22.5 Å². The third kappa shape index (κ3) is 1.55. The highest BCUT2D eigenvalue weighted by Gasteiger charge is 2.17. The summed E-state index contributed by atoms with van der Waals surface area (Å²) in [4.78, 5) is 4.31. The van der Waals surface area contributed by atoms with Gasteiger partial charge in [-0.2, -0.15) is 10.2 Å². The minimum absolute atomic E-state index is 0.435. The zero-order valence-corrected chi connectivity index (χ0v) is 9.81. The molecule has 3 aromatic heterocycles. The number of hydrogen-bond donors (Lipinski definition) is 3. The molecule has 0 unspecified atom stereocenters. The second-order valence-electron chi connectivity index (χ2n) is 3.98. The first-order valence-corrected chi connectivity index (χ1v) is 5.53. The minimum atomic E-state index is 0.435. The van der Waals surface area contributed by atoms with Gasteiger partial charge in [0.15, 0.2) is 5.82 Å². The number of pyridine rings is 1. The van der Waals surface area contributed by atoms with Crippen LogP contribution in [0.4, 0.5) is 5.82 Å². The van der Waals surface area contributed by atoms with Crippen LogP contribution in [0.3, 0.4) is 0 Å². The summed E-state index contributed by atoms with van der Waals surface area (Å²) in [7, 11) is 0. The number of aromatic amines is 2. The van der Waals surface area contributed by atoms with Crippen LogP contribution in [0.1, 0.15) is 5.69 Å². The lowest BCUT2D eigenvalue weighted by Gasteiger charge is -2.02. The third-order valence-electron chi connectivity index (χ3n) is 2.81. The van der Waals surface area contributed by atoms with Gasteiger partial charge in [0.25, 0.3) is 0 Å². The maximum Gasteiger partial charge on any atom is 0.155 e. The fraction of sp³-hybridized carbons (Fsp3) is 0.0833. The Morgan fingerprint density at radius 3 is 2.78 bits per heavy atom. The van der Waals surface area contributed by atoms with Gasteiger partial charge < -0.3 is 5.73 Å². The summed E-state index contributed by atoms with van der Waals surface area (Å²) in [6, 6.07) is 5.68. The smallest absolute Gasteiger partial charge is 0.155 e. The highest BCUT2D eigenvalue weighted by molar-refractivity contribution is 5.86. The van der Waals surface area contributed by atoms with Crippen molar-refractivity contribution in [3.8, 4) is 22.5 Å². The molecule has 3 heterocycles. The zero-order valence-electron chi connectivity index (χ0n) is 9.81. The quantitative estimate of drug-likeness (QED) is 0.635. The van der Waals surface area contributed by atoms with Crippen molar-refractivity contribution >= 4 is 5.82 Å². The van der Waals surface area contributed by atoms with E-state index in [0.717, 1.165) is 28.2 Å². The third-order valence-corrected chi connectivity index (χ3v) is 2.81. The van der Waals surface area contributed by atoms with Crippen molar-refractivity contribution in [3.05, 3.63) is 36.3 Å². The van der Waals surface area contributed by atoms with E-state index in [2.05, 4.69) is 25.4 Å². The van der Waals surface area contributed by atoms with Gasteiger partial charge in [-0.05, 0) is 19.1 Å². The van der Waals surface area contributed by atoms with Crippen molar-refractivity contribution in [2.24, 2.45) is 0 Å². The second kappa shape index (κ2) is 3.99. The van der Waals surface area contributed by atoms with E-state index in [9.17, 15) is 0 Å². The number of aromatic nitrogens is 5. The number of nitrogens with zero attached hydrogens (tertiary/aromatic N) is 3. The van der Waals surface area contributed by atoms with E-state index in [0.29, 0.717) is 5.82 Å². The van der Waals surface area contributed by atoms with Gasteiger partial charge in [0, 0.05) is 17.5 Å². The van der Waals surface area contributed by atoms with E-state index in [1.54, 1.807) is 12.4 Å². The molecule has 0 aliphatic rings. The van der Waals surface area contributed by atoms with Crippen LogP contribution in [0.5, 0.6) is 0 Å². The summed E-state index contributed by atoms with van der Waals surface area (Å²) in [5.41, 5.74) is 10.2. The average molecular weight is 240 g/mol. The molecule has 3 rings (SSSR count). The molecule has 90 valence electrons. The van der Waals surface area contributed by atoms with E-state index >= 15 is 0 Å². The van der Waals surface area contributed by atoms with Crippen molar-refractivity contribution < 1.29 is 0 Å².